The van der Waals surface area contributed by atoms with Gasteiger partial charge >= 0.3 is 0 Å². The van der Waals surface area contributed by atoms with Crippen molar-refractivity contribution in [2.45, 2.75) is 18.9 Å². The normalized spacial score (nSPS) is 24.0. The van der Waals surface area contributed by atoms with Crippen molar-refractivity contribution in [1.29, 1.82) is 0 Å². The van der Waals surface area contributed by atoms with E-state index in [-0.39, 0.29) is 0 Å². The summed E-state index contributed by atoms with van der Waals surface area (Å²) in [7, 11) is 0. The maximum absolute atomic E-state index is 9.92. The van der Waals surface area contributed by atoms with Crippen molar-refractivity contribution in [3.8, 4) is 0 Å². The van der Waals surface area contributed by atoms with E-state index in [0.717, 1.165) is 31.6 Å². The minimum Gasteiger partial charge on any atom is -0.388 e. The molecule has 78 valence electrons. The third-order valence-electron chi connectivity index (χ3n) is 2.59. The SMILES string of the molecule is OC(CC1CCOC1)c1ccsc1Cl. The van der Waals surface area contributed by atoms with Gasteiger partial charge in [-0.15, -0.1) is 11.3 Å². The highest BCUT2D eigenvalue weighted by Crippen LogP contribution is 2.33. The van der Waals surface area contributed by atoms with E-state index >= 15 is 0 Å². The Morgan fingerprint density at radius 3 is 3.14 bits per heavy atom. The molecule has 2 nitrogen and oxygen atoms in total. The molecule has 0 radical (unpaired) electrons. The second-order valence-electron chi connectivity index (χ2n) is 3.63. The first-order valence-electron chi connectivity index (χ1n) is 4.76. The van der Waals surface area contributed by atoms with Gasteiger partial charge in [-0.25, -0.2) is 0 Å². The second kappa shape index (κ2) is 4.62. The first-order valence-corrected chi connectivity index (χ1v) is 6.02. The van der Waals surface area contributed by atoms with Crippen molar-refractivity contribution in [2.24, 2.45) is 5.92 Å². The standard InChI is InChI=1S/C10H13ClO2S/c11-10-8(2-4-14-10)9(12)5-7-1-3-13-6-7/h2,4,7,9,12H,1,3,5-6H2. The monoisotopic (exact) mass is 232 g/mol. The van der Waals surface area contributed by atoms with Crippen LogP contribution in [0.4, 0.5) is 0 Å². The number of hydrogen-bond acceptors (Lipinski definition) is 3. The summed E-state index contributed by atoms with van der Waals surface area (Å²) >= 11 is 7.41. The third-order valence-corrected chi connectivity index (χ3v) is 3.79. The average molecular weight is 233 g/mol. The number of halogens is 1. The molecule has 1 fully saturated rings. The molecule has 1 saturated heterocycles. The van der Waals surface area contributed by atoms with Crippen LogP contribution in [0.1, 0.15) is 24.5 Å². The molecule has 1 aliphatic rings. The van der Waals surface area contributed by atoms with Gasteiger partial charge in [0.05, 0.1) is 10.4 Å². The molecular formula is C10H13ClO2S. The number of rotatable bonds is 3. The number of thiophene rings is 1. The van der Waals surface area contributed by atoms with Crippen LogP contribution in [0.25, 0.3) is 0 Å². The van der Waals surface area contributed by atoms with Crippen molar-refractivity contribution >= 4 is 22.9 Å². The van der Waals surface area contributed by atoms with Gasteiger partial charge in [0.15, 0.2) is 0 Å². The summed E-state index contributed by atoms with van der Waals surface area (Å²) < 4.78 is 5.97. The third kappa shape index (κ3) is 2.28. The average Bonchev–Trinajstić information content (AvgIpc) is 2.75. The molecule has 2 unspecified atom stereocenters. The summed E-state index contributed by atoms with van der Waals surface area (Å²) in [6.45, 7) is 1.60. The molecule has 1 aromatic rings. The van der Waals surface area contributed by atoms with Crippen LogP contribution in [0.3, 0.4) is 0 Å². The number of hydrogen-bond donors (Lipinski definition) is 1. The Morgan fingerprint density at radius 2 is 2.57 bits per heavy atom. The zero-order chi connectivity index (χ0) is 9.97. The molecule has 2 rings (SSSR count). The van der Waals surface area contributed by atoms with Gasteiger partial charge in [-0.05, 0) is 30.2 Å². The Hall–Kier alpha value is -0.0900. The second-order valence-corrected chi connectivity index (χ2v) is 5.15. The van der Waals surface area contributed by atoms with Crippen LogP contribution in [0.15, 0.2) is 11.4 Å². The van der Waals surface area contributed by atoms with Crippen molar-refractivity contribution in [3.05, 3.63) is 21.3 Å². The van der Waals surface area contributed by atoms with Crippen molar-refractivity contribution in [3.63, 3.8) is 0 Å². The summed E-state index contributed by atoms with van der Waals surface area (Å²) in [5.74, 6) is 0.487. The van der Waals surface area contributed by atoms with E-state index < -0.39 is 6.10 Å². The molecule has 14 heavy (non-hydrogen) atoms. The van der Waals surface area contributed by atoms with E-state index in [1.807, 2.05) is 11.4 Å². The summed E-state index contributed by atoms with van der Waals surface area (Å²) in [5, 5.41) is 11.8. The molecule has 1 N–H and O–H groups in total. The lowest BCUT2D eigenvalue weighted by molar-refractivity contribution is 0.130. The molecule has 1 aliphatic heterocycles. The van der Waals surface area contributed by atoms with Crippen LogP contribution < -0.4 is 0 Å². The van der Waals surface area contributed by atoms with Gasteiger partial charge in [0, 0.05) is 18.8 Å². The fourth-order valence-corrected chi connectivity index (χ4v) is 2.77. The Labute approximate surface area is 92.5 Å². The van der Waals surface area contributed by atoms with E-state index in [0.29, 0.717) is 10.3 Å². The summed E-state index contributed by atoms with van der Waals surface area (Å²) in [5.41, 5.74) is 0.864. The van der Waals surface area contributed by atoms with E-state index in [9.17, 15) is 5.11 Å². The number of aliphatic hydroxyl groups excluding tert-OH is 1. The van der Waals surface area contributed by atoms with Gasteiger partial charge in [-0.3, -0.25) is 0 Å². The minimum absolute atomic E-state index is 0.430. The van der Waals surface area contributed by atoms with Gasteiger partial charge in [-0.1, -0.05) is 11.6 Å². The molecule has 0 aliphatic carbocycles. The Kier molecular flexibility index (Phi) is 3.44. The first kappa shape index (κ1) is 10.4. The Morgan fingerprint density at radius 1 is 1.71 bits per heavy atom. The van der Waals surface area contributed by atoms with Crippen LogP contribution in [0.5, 0.6) is 0 Å². The zero-order valence-electron chi connectivity index (χ0n) is 7.78. The predicted octanol–water partition coefficient (Wildman–Crippen LogP) is 2.86. The molecule has 0 bridgehead atoms. The highest BCUT2D eigenvalue weighted by molar-refractivity contribution is 7.14. The van der Waals surface area contributed by atoms with Crippen LogP contribution in [0, 0.1) is 5.92 Å². The van der Waals surface area contributed by atoms with Gasteiger partial charge in [-0.2, -0.15) is 0 Å². The fraction of sp³-hybridized carbons (Fsp3) is 0.600. The summed E-state index contributed by atoms with van der Waals surface area (Å²) in [6, 6.07) is 1.90. The lowest BCUT2D eigenvalue weighted by Crippen LogP contribution is -2.06. The van der Waals surface area contributed by atoms with Gasteiger partial charge in [0.1, 0.15) is 0 Å². The minimum atomic E-state index is -0.430. The Balaban J connectivity index is 1.95. The van der Waals surface area contributed by atoms with Crippen LogP contribution in [-0.2, 0) is 4.74 Å². The van der Waals surface area contributed by atoms with Crippen LogP contribution >= 0.6 is 22.9 Å². The number of ether oxygens (including phenoxy) is 1. The molecule has 0 aromatic carbocycles. The summed E-state index contributed by atoms with van der Waals surface area (Å²) in [4.78, 5) is 0. The van der Waals surface area contributed by atoms with Gasteiger partial charge < -0.3 is 9.84 Å². The van der Waals surface area contributed by atoms with E-state index in [1.54, 1.807) is 0 Å². The molecule has 2 atom stereocenters. The summed E-state index contributed by atoms with van der Waals surface area (Å²) in [6.07, 6.45) is 1.38. The molecule has 0 spiro atoms. The van der Waals surface area contributed by atoms with Crippen LogP contribution in [0.2, 0.25) is 4.34 Å². The first-order chi connectivity index (χ1) is 6.77. The lowest BCUT2D eigenvalue weighted by atomic mass is 9.98. The predicted molar refractivity (Wildman–Crippen MR) is 57.8 cm³/mol. The topological polar surface area (TPSA) is 29.5 Å². The molecule has 1 aromatic heterocycles. The van der Waals surface area contributed by atoms with Crippen molar-refractivity contribution in [2.75, 3.05) is 13.2 Å². The number of aliphatic hydroxyl groups is 1. The molecule has 0 amide bonds. The van der Waals surface area contributed by atoms with Crippen LogP contribution in [-0.4, -0.2) is 18.3 Å². The molecule has 0 saturated carbocycles. The highest BCUT2D eigenvalue weighted by Gasteiger charge is 2.21. The van der Waals surface area contributed by atoms with E-state index in [2.05, 4.69) is 0 Å². The zero-order valence-corrected chi connectivity index (χ0v) is 9.35. The maximum atomic E-state index is 9.92. The quantitative estimate of drug-likeness (QED) is 0.869. The van der Waals surface area contributed by atoms with Gasteiger partial charge in [0.2, 0.25) is 0 Å². The van der Waals surface area contributed by atoms with E-state index in [4.69, 9.17) is 16.3 Å². The lowest BCUT2D eigenvalue weighted by Gasteiger charge is -2.13. The largest absolute Gasteiger partial charge is 0.388 e. The Bertz CT molecular complexity index is 294. The van der Waals surface area contributed by atoms with E-state index in [1.165, 1.54) is 11.3 Å². The molecule has 4 heteroatoms. The smallest absolute Gasteiger partial charge is 0.0986 e. The maximum Gasteiger partial charge on any atom is 0.0986 e. The highest BCUT2D eigenvalue weighted by atomic mass is 35.5. The van der Waals surface area contributed by atoms with Crippen molar-refractivity contribution < 1.29 is 9.84 Å². The molecular weight excluding hydrogens is 220 g/mol. The molecule has 2 heterocycles. The van der Waals surface area contributed by atoms with Crippen molar-refractivity contribution in [1.82, 2.24) is 0 Å². The fourth-order valence-electron chi connectivity index (χ4n) is 1.75. The van der Waals surface area contributed by atoms with Gasteiger partial charge in [0.25, 0.3) is 0 Å².